The molecule has 1 rings (SSSR count). The molecule has 0 saturated heterocycles. The molecule has 0 fully saturated rings. The molecule has 0 bridgehead atoms. The number of aryl methyl sites for hydroxylation is 1. The Bertz CT molecular complexity index is 417. The van der Waals surface area contributed by atoms with Crippen molar-refractivity contribution in [2.24, 2.45) is 0 Å². The minimum Gasteiger partial charge on any atom is -0.461 e. The highest BCUT2D eigenvalue weighted by Crippen LogP contribution is 2.26. The van der Waals surface area contributed by atoms with Crippen LogP contribution in [0.15, 0.2) is 35.8 Å². The van der Waals surface area contributed by atoms with Gasteiger partial charge in [0, 0.05) is 11.1 Å². The molecule has 0 aromatic carbocycles. The summed E-state index contributed by atoms with van der Waals surface area (Å²) in [6.45, 7) is 11.3. The molecule has 0 aliphatic heterocycles. The van der Waals surface area contributed by atoms with Crippen LogP contribution in [0.5, 0.6) is 0 Å². The van der Waals surface area contributed by atoms with E-state index in [1.807, 2.05) is 38.2 Å². The number of hydrogen-bond acceptors (Lipinski definition) is 1. The van der Waals surface area contributed by atoms with Gasteiger partial charge in [-0.2, -0.15) is 0 Å². The van der Waals surface area contributed by atoms with Gasteiger partial charge in [0.05, 0.1) is 0 Å². The summed E-state index contributed by atoms with van der Waals surface area (Å²) in [6, 6.07) is 0. The summed E-state index contributed by atoms with van der Waals surface area (Å²) in [7, 11) is 0. The van der Waals surface area contributed by atoms with Crippen molar-refractivity contribution in [1.29, 1.82) is 0 Å². The van der Waals surface area contributed by atoms with Gasteiger partial charge in [-0.3, -0.25) is 0 Å². The lowest BCUT2D eigenvalue weighted by Crippen LogP contribution is -1.77. The molecule has 1 heterocycles. The Hall–Kier alpha value is -1.76. The quantitative estimate of drug-likeness (QED) is 0.654. The summed E-state index contributed by atoms with van der Waals surface area (Å²) in [5, 5.41) is 0. The van der Waals surface area contributed by atoms with Crippen LogP contribution in [0, 0.1) is 6.92 Å². The van der Waals surface area contributed by atoms with Crippen molar-refractivity contribution in [3.63, 3.8) is 0 Å². The molecular formula is C14H16O. The molecule has 0 N–H and O–H groups in total. The summed E-state index contributed by atoms with van der Waals surface area (Å²) in [5.41, 5.74) is 2.16. The fourth-order valence-corrected chi connectivity index (χ4v) is 1.46. The van der Waals surface area contributed by atoms with Crippen LogP contribution < -0.4 is 0 Å². The maximum atomic E-state index is 5.59. The van der Waals surface area contributed by atoms with E-state index in [0.29, 0.717) is 0 Å². The van der Waals surface area contributed by atoms with Gasteiger partial charge < -0.3 is 4.42 Å². The molecule has 1 aromatic rings. The third-order valence-electron chi connectivity index (χ3n) is 2.12. The number of allylic oxidation sites excluding steroid dienone is 3. The average molecular weight is 200 g/mol. The predicted octanol–water partition coefficient (Wildman–Crippen LogP) is 4.46. The molecule has 1 aromatic heterocycles. The first-order valence-corrected chi connectivity index (χ1v) is 4.92. The lowest BCUT2D eigenvalue weighted by atomic mass is 10.1. The van der Waals surface area contributed by atoms with Crippen molar-refractivity contribution in [3.8, 4) is 0 Å². The molecule has 78 valence electrons. The fourth-order valence-electron chi connectivity index (χ4n) is 1.46. The summed E-state index contributed by atoms with van der Waals surface area (Å²) in [4.78, 5) is 0. The highest BCUT2D eigenvalue weighted by atomic mass is 16.3. The third kappa shape index (κ3) is 2.38. The van der Waals surface area contributed by atoms with Gasteiger partial charge in [0.25, 0.3) is 0 Å². The van der Waals surface area contributed by atoms with E-state index in [0.717, 1.165) is 22.6 Å². The maximum Gasteiger partial charge on any atom is 0.134 e. The van der Waals surface area contributed by atoms with Gasteiger partial charge in [0.15, 0.2) is 0 Å². The van der Waals surface area contributed by atoms with E-state index in [-0.39, 0.29) is 0 Å². The number of rotatable bonds is 4. The SMILES string of the molecule is C=C/C=C\c1c(C=C)oc(C)c1/C=C\C. The smallest absolute Gasteiger partial charge is 0.134 e. The Morgan fingerprint density at radius 2 is 1.87 bits per heavy atom. The van der Waals surface area contributed by atoms with E-state index in [1.165, 1.54) is 0 Å². The largest absolute Gasteiger partial charge is 0.461 e. The molecular weight excluding hydrogens is 184 g/mol. The second-order valence-corrected chi connectivity index (χ2v) is 3.15. The van der Waals surface area contributed by atoms with Crippen molar-refractivity contribution in [1.82, 2.24) is 0 Å². The van der Waals surface area contributed by atoms with Gasteiger partial charge in [-0.05, 0) is 19.9 Å². The lowest BCUT2D eigenvalue weighted by Gasteiger charge is -1.92. The summed E-state index contributed by atoms with van der Waals surface area (Å²) >= 11 is 0. The molecule has 1 heteroatoms. The van der Waals surface area contributed by atoms with E-state index >= 15 is 0 Å². The van der Waals surface area contributed by atoms with Gasteiger partial charge in [0.1, 0.15) is 11.5 Å². The zero-order chi connectivity index (χ0) is 11.3. The van der Waals surface area contributed by atoms with Crippen LogP contribution in [0.25, 0.3) is 18.2 Å². The van der Waals surface area contributed by atoms with Crippen LogP contribution >= 0.6 is 0 Å². The van der Waals surface area contributed by atoms with E-state index in [2.05, 4.69) is 13.2 Å². The molecule has 0 atom stereocenters. The Kier molecular flexibility index (Phi) is 3.92. The zero-order valence-corrected chi connectivity index (χ0v) is 9.29. The third-order valence-corrected chi connectivity index (χ3v) is 2.12. The van der Waals surface area contributed by atoms with Crippen molar-refractivity contribution >= 4 is 18.2 Å². The molecule has 0 saturated carbocycles. The Morgan fingerprint density at radius 3 is 2.40 bits per heavy atom. The van der Waals surface area contributed by atoms with Crippen LogP contribution in [0.4, 0.5) is 0 Å². The summed E-state index contributed by atoms with van der Waals surface area (Å²) in [6.07, 6.45) is 11.4. The fraction of sp³-hybridized carbons (Fsp3) is 0.143. The van der Waals surface area contributed by atoms with Crippen molar-refractivity contribution < 1.29 is 4.42 Å². The second kappa shape index (κ2) is 5.20. The Labute approximate surface area is 91.1 Å². The van der Waals surface area contributed by atoms with Crippen molar-refractivity contribution in [2.45, 2.75) is 13.8 Å². The second-order valence-electron chi connectivity index (χ2n) is 3.15. The first kappa shape index (κ1) is 11.3. The van der Waals surface area contributed by atoms with Crippen LogP contribution in [-0.2, 0) is 0 Å². The van der Waals surface area contributed by atoms with Crippen LogP contribution in [0.3, 0.4) is 0 Å². The molecule has 0 aliphatic rings. The molecule has 0 aliphatic carbocycles. The first-order chi connectivity index (χ1) is 7.24. The van der Waals surface area contributed by atoms with Crippen molar-refractivity contribution in [2.75, 3.05) is 0 Å². The maximum absolute atomic E-state index is 5.59. The molecule has 0 unspecified atom stereocenters. The lowest BCUT2D eigenvalue weighted by molar-refractivity contribution is 0.524. The van der Waals surface area contributed by atoms with Crippen molar-refractivity contribution in [3.05, 3.63) is 54.0 Å². The van der Waals surface area contributed by atoms with E-state index in [9.17, 15) is 0 Å². The molecule has 1 nitrogen and oxygen atoms in total. The Morgan fingerprint density at radius 1 is 1.13 bits per heavy atom. The van der Waals surface area contributed by atoms with Crippen LogP contribution in [0.1, 0.15) is 29.6 Å². The monoisotopic (exact) mass is 200 g/mol. The molecule has 0 radical (unpaired) electrons. The minimum absolute atomic E-state index is 0.804. The minimum atomic E-state index is 0.804. The van der Waals surface area contributed by atoms with Gasteiger partial charge in [-0.1, -0.05) is 43.5 Å². The summed E-state index contributed by atoms with van der Waals surface area (Å²) in [5.74, 6) is 1.71. The molecule has 15 heavy (non-hydrogen) atoms. The number of furan rings is 1. The van der Waals surface area contributed by atoms with Gasteiger partial charge in [-0.25, -0.2) is 0 Å². The van der Waals surface area contributed by atoms with Crippen LogP contribution in [0.2, 0.25) is 0 Å². The number of hydrogen-bond donors (Lipinski definition) is 0. The van der Waals surface area contributed by atoms with E-state index in [1.54, 1.807) is 12.2 Å². The van der Waals surface area contributed by atoms with Gasteiger partial charge >= 0.3 is 0 Å². The van der Waals surface area contributed by atoms with Gasteiger partial charge in [-0.15, -0.1) is 0 Å². The Balaban J connectivity index is 3.34. The molecule has 0 spiro atoms. The average Bonchev–Trinajstić information content (AvgIpc) is 2.53. The normalized spacial score (nSPS) is 11.3. The standard InChI is InChI=1S/C14H16O/c1-5-8-10-13-12(9-6-2)11(4)15-14(13)7-3/h5-10H,1,3H2,2,4H3/b9-6-,10-8-. The predicted molar refractivity (Wildman–Crippen MR) is 67.5 cm³/mol. The van der Waals surface area contributed by atoms with E-state index < -0.39 is 0 Å². The van der Waals surface area contributed by atoms with E-state index in [4.69, 9.17) is 4.42 Å². The topological polar surface area (TPSA) is 13.1 Å². The van der Waals surface area contributed by atoms with Gasteiger partial charge in [0.2, 0.25) is 0 Å². The molecule has 0 amide bonds. The highest BCUT2D eigenvalue weighted by Gasteiger charge is 2.10. The summed E-state index contributed by atoms with van der Waals surface area (Å²) < 4.78 is 5.59. The first-order valence-electron chi connectivity index (χ1n) is 4.92. The highest BCUT2D eigenvalue weighted by molar-refractivity contribution is 5.73. The van der Waals surface area contributed by atoms with Crippen LogP contribution in [-0.4, -0.2) is 0 Å². The zero-order valence-electron chi connectivity index (χ0n) is 9.29.